The van der Waals surface area contributed by atoms with Crippen LogP contribution in [0.4, 0.5) is 5.69 Å². The zero-order valence-corrected chi connectivity index (χ0v) is 15.5. The fraction of sp³-hybridized carbons (Fsp3) is 0.300. The molecule has 1 amide bonds. The molecule has 0 aliphatic carbocycles. The lowest BCUT2D eigenvalue weighted by Gasteiger charge is -2.27. The van der Waals surface area contributed by atoms with Crippen molar-refractivity contribution in [2.24, 2.45) is 7.05 Å². The van der Waals surface area contributed by atoms with Crippen molar-refractivity contribution in [1.29, 1.82) is 0 Å². The van der Waals surface area contributed by atoms with E-state index in [1.165, 1.54) is 0 Å². The van der Waals surface area contributed by atoms with E-state index in [0.29, 0.717) is 17.3 Å². The number of rotatable bonds is 4. The van der Waals surface area contributed by atoms with Gasteiger partial charge in [-0.3, -0.25) is 4.79 Å². The topological polar surface area (TPSA) is 71.4 Å². The van der Waals surface area contributed by atoms with E-state index in [0.717, 1.165) is 42.8 Å². The van der Waals surface area contributed by atoms with Crippen molar-refractivity contribution in [3.8, 4) is 11.6 Å². The Morgan fingerprint density at radius 3 is 2.70 bits per heavy atom. The predicted octanol–water partition coefficient (Wildman–Crippen LogP) is 2.45. The lowest BCUT2D eigenvalue weighted by Crippen LogP contribution is -2.46. The van der Waals surface area contributed by atoms with Gasteiger partial charge in [-0.25, -0.2) is 4.98 Å². The van der Waals surface area contributed by atoms with Gasteiger partial charge in [0.15, 0.2) is 0 Å². The first-order valence-corrected chi connectivity index (χ1v) is 9.07. The third-order valence-electron chi connectivity index (χ3n) is 4.89. The van der Waals surface area contributed by atoms with Crippen LogP contribution >= 0.6 is 0 Å². The Morgan fingerprint density at radius 1 is 1.19 bits per heavy atom. The summed E-state index contributed by atoms with van der Waals surface area (Å²) in [7, 11) is 3.77. The summed E-state index contributed by atoms with van der Waals surface area (Å²) in [5.41, 5.74) is 2.58. The smallest absolute Gasteiger partial charge is 0.270 e. The van der Waals surface area contributed by atoms with Crippen LogP contribution < -0.4 is 15.4 Å². The molecule has 1 fully saturated rings. The summed E-state index contributed by atoms with van der Waals surface area (Å²) >= 11 is 0. The van der Waals surface area contributed by atoms with Crippen LogP contribution in [0.5, 0.6) is 11.6 Å². The number of ether oxygens (including phenoxy) is 1. The van der Waals surface area contributed by atoms with Crippen molar-refractivity contribution in [2.75, 3.05) is 38.5 Å². The van der Waals surface area contributed by atoms with E-state index < -0.39 is 0 Å². The van der Waals surface area contributed by atoms with Gasteiger partial charge in [0.2, 0.25) is 5.88 Å². The lowest BCUT2D eigenvalue weighted by atomic mass is 10.2. The second-order valence-corrected chi connectivity index (χ2v) is 6.59. The van der Waals surface area contributed by atoms with Gasteiger partial charge in [-0.15, -0.1) is 0 Å². The molecule has 0 unspecified atom stereocenters. The van der Waals surface area contributed by atoms with Crippen molar-refractivity contribution in [3.63, 3.8) is 0 Å². The summed E-state index contributed by atoms with van der Waals surface area (Å²) in [5, 5.41) is 7.32. The number of nitrogens with zero attached hydrogens (tertiary/aromatic N) is 3. The van der Waals surface area contributed by atoms with Crippen LogP contribution in [-0.2, 0) is 7.05 Å². The first-order chi connectivity index (χ1) is 13.2. The molecule has 2 aromatic heterocycles. The average Bonchev–Trinajstić information content (AvgIpc) is 3.05. The van der Waals surface area contributed by atoms with Gasteiger partial charge in [0.05, 0.1) is 17.4 Å². The summed E-state index contributed by atoms with van der Waals surface area (Å²) in [5.74, 6) is 1.29. The Hall–Kier alpha value is -3.06. The largest absolute Gasteiger partial charge is 0.439 e. The molecule has 1 saturated heterocycles. The third-order valence-corrected chi connectivity index (χ3v) is 4.89. The number of fused-ring (bicyclic) bond motifs is 1. The second kappa shape index (κ2) is 7.28. The quantitative estimate of drug-likeness (QED) is 0.743. The number of carbonyl (C=O) groups excluding carboxylic acids is 1. The van der Waals surface area contributed by atoms with Crippen molar-refractivity contribution in [1.82, 2.24) is 19.8 Å². The fourth-order valence-electron chi connectivity index (χ4n) is 3.32. The highest BCUT2D eigenvalue weighted by atomic mass is 16.5. The molecule has 1 aliphatic heterocycles. The normalized spacial score (nSPS) is 14.4. The molecule has 0 atom stereocenters. The molecule has 0 spiro atoms. The summed E-state index contributed by atoms with van der Waals surface area (Å²) in [6.45, 7) is 3.16. The minimum Gasteiger partial charge on any atom is -0.439 e. The SMILES string of the molecule is CNc1ccc(Oc2ccc3cc(C(=O)N4CCNCC4)n(C)c3c2)nc1. The molecular weight excluding hydrogens is 342 g/mol. The van der Waals surface area contributed by atoms with Crippen LogP contribution in [0.3, 0.4) is 0 Å². The van der Waals surface area contributed by atoms with Crippen LogP contribution in [0.15, 0.2) is 42.6 Å². The van der Waals surface area contributed by atoms with Crippen molar-refractivity contribution in [2.45, 2.75) is 0 Å². The number of aryl methyl sites for hydroxylation is 1. The van der Waals surface area contributed by atoms with E-state index in [-0.39, 0.29) is 5.91 Å². The van der Waals surface area contributed by atoms with E-state index in [4.69, 9.17) is 4.74 Å². The van der Waals surface area contributed by atoms with Gasteiger partial charge < -0.3 is 24.8 Å². The number of hydrogen-bond donors (Lipinski definition) is 2. The number of anilines is 1. The Bertz CT molecular complexity index is 958. The average molecular weight is 365 g/mol. The second-order valence-electron chi connectivity index (χ2n) is 6.59. The van der Waals surface area contributed by atoms with Crippen molar-refractivity contribution >= 4 is 22.5 Å². The summed E-state index contributed by atoms with van der Waals surface area (Å²) in [6, 6.07) is 11.5. The molecule has 4 rings (SSSR count). The number of pyridine rings is 1. The standard InChI is InChI=1S/C20H23N5O2/c1-21-15-4-6-19(23-13-15)27-16-5-3-14-11-18(24(2)17(14)12-16)20(26)25-9-7-22-8-10-25/h3-6,11-13,21-22H,7-10H2,1-2H3. The molecule has 7 heteroatoms. The zero-order chi connectivity index (χ0) is 18.8. The van der Waals surface area contributed by atoms with E-state index in [2.05, 4.69) is 15.6 Å². The van der Waals surface area contributed by atoms with Crippen molar-refractivity contribution in [3.05, 3.63) is 48.3 Å². The third kappa shape index (κ3) is 3.46. The van der Waals surface area contributed by atoms with Gasteiger partial charge in [0.1, 0.15) is 11.4 Å². The summed E-state index contributed by atoms with van der Waals surface area (Å²) in [6.07, 6.45) is 1.72. The zero-order valence-electron chi connectivity index (χ0n) is 15.5. The number of aromatic nitrogens is 2. The molecule has 27 heavy (non-hydrogen) atoms. The van der Waals surface area contributed by atoms with Crippen LogP contribution in [0.1, 0.15) is 10.5 Å². The van der Waals surface area contributed by atoms with Gasteiger partial charge in [0.25, 0.3) is 5.91 Å². The molecule has 3 heterocycles. The van der Waals surface area contributed by atoms with Gasteiger partial charge in [-0.05, 0) is 24.3 Å². The maximum Gasteiger partial charge on any atom is 0.270 e. The van der Waals surface area contributed by atoms with Crippen LogP contribution in [-0.4, -0.2) is 53.6 Å². The monoisotopic (exact) mass is 365 g/mol. The van der Waals surface area contributed by atoms with Gasteiger partial charge in [-0.1, -0.05) is 0 Å². The first-order valence-electron chi connectivity index (χ1n) is 9.07. The van der Waals surface area contributed by atoms with E-state index in [1.54, 1.807) is 6.20 Å². The highest BCUT2D eigenvalue weighted by Gasteiger charge is 2.21. The number of amides is 1. The van der Waals surface area contributed by atoms with E-state index in [9.17, 15) is 4.79 Å². The Kier molecular flexibility index (Phi) is 4.68. The Labute approximate surface area is 157 Å². The van der Waals surface area contributed by atoms with Crippen LogP contribution in [0.2, 0.25) is 0 Å². The Balaban J connectivity index is 1.60. The number of benzene rings is 1. The molecule has 0 radical (unpaired) electrons. The molecule has 140 valence electrons. The van der Waals surface area contributed by atoms with Gasteiger partial charge in [0, 0.05) is 57.8 Å². The fourth-order valence-corrected chi connectivity index (χ4v) is 3.32. The molecular formula is C20H23N5O2. The molecule has 1 aliphatic rings. The van der Waals surface area contributed by atoms with Crippen molar-refractivity contribution < 1.29 is 9.53 Å². The summed E-state index contributed by atoms with van der Waals surface area (Å²) < 4.78 is 7.81. The van der Waals surface area contributed by atoms with Crippen LogP contribution in [0.25, 0.3) is 10.9 Å². The maximum absolute atomic E-state index is 12.9. The van der Waals surface area contributed by atoms with E-state index >= 15 is 0 Å². The molecule has 0 bridgehead atoms. The highest BCUT2D eigenvalue weighted by Crippen LogP contribution is 2.27. The first kappa shape index (κ1) is 17.4. The molecule has 2 N–H and O–H groups in total. The minimum absolute atomic E-state index is 0.0713. The molecule has 1 aromatic carbocycles. The predicted molar refractivity (Wildman–Crippen MR) is 106 cm³/mol. The minimum atomic E-state index is 0.0713. The number of piperazine rings is 1. The van der Waals surface area contributed by atoms with Crippen LogP contribution in [0, 0.1) is 0 Å². The highest BCUT2D eigenvalue weighted by molar-refractivity contribution is 5.99. The summed E-state index contributed by atoms with van der Waals surface area (Å²) in [4.78, 5) is 19.0. The lowest BCUT2D eigenvalue weighted by molar-refractivity contribution is 0.0726. The molecule has 0 saturated carbocycles. The van der Waals surface area contributed by atoms with E-state index in [1.807, 2.05) is 60.0 Å². The Morgan fingerprint density at radius 2 is 2.00 bits per heavy atom. The number of nitrogens with one attached hydrogen (secondary N) is 2. The molecule has 7 nitrogen and oxygen atoms in total. The van der Waals surface area contributed by atoms with Gasteiger partial charge >= 0.3 is 0 Å². The molecule has 3 aromatic rings. The number of hydrogen-bond acceptors (Lipinski definition) is 5. The van der Waals surface area contributed by atoms with Gasteiger partial charge in [-0.2, -0.15) is 0 Å². The number of carbonyl (C=O) groups is 1. The maximum atomic E-state index is 12.9.